The summed E-state index contributed by atoms with van der Waals surface area (Å²) >= 11 is 0. The number of unbranched alkanes of at least 4 members (excludes halogenated alkanes) is 3. The minimum Gasteiger partial charge on any atom is -0.484 e. The summed E-state index contributed by atoms with van der Waals surface area (Å²) in [5.41, 5.74) is 1.83. The number of esters is 1. The van der Waals surface area contributed by atoms with E-state index in [0.717, 1.165) is 24.8 Å². The monoisotopic (exact) mass is 385 g/mol. The van der Waals surface area contributed by atoms with Gasteiger partial charge in [-0.2, -0.15) is 0 Å². The first-order chi connectivity index (χ1) is 13.5. The number of nitro benzene ring substituents is 1. The number of ether oxygens (including phenoxy) is 2. The highest BCUT2D eigenvalue weighted by Gasteiger charge is 2.19. The molecule has 0 saturated carbocycles. The Morgan fingerprint density at radius 1 is 1.07 bits per heavy atom. The highest BCUT2D eigenvalue weighted by atomic mass is 16.6. The molecule has 0 N–H and O–H groups in total. The van der Waals surface area contributed by atoms with Gasteiger partial charge in [-0.05, 0) is 49.1 Å². The van der Waals surface area contributed by atoms with Crippen molar-refractivity contribution >= 4 is 11.7 Å². The third-order valence-electron chi connectivity index (χ3n) is 4.59. The number of nitrogens with zero attached hydrogens (tertiary/aromatic N) is 1. The van der Waals surface area contributed by atoms with Gasteiger partial charge in [-0.25, -0.2) is 4.79 Å². The summed E-state index contributed by atoms with van der Waals surface area (Å²) in [6.45, 7) is 4.10. The molecule has 0 saturated heterocycles. The van der Waals surface area contributed by atoms with E-state index in [9.17, 15) is 14.9 Å². The second kappa shape index (κ2) is 10.4. The summed E-state index contributed by atoms with van der Waals surface area (Å²) in [4.78, 5) is 22.6. The minimum atomic E-state index is -0.425. The van der Waals surface area contributed by atoms with Gasteiger partial charge in [0.05, 0.1) is 23.7 Å². The summed E-state index contributed by atoms with van der Waals surface area (Å²) in [7, 11) is 1.32. The lowest BCUT2D eigenvalue weighted by atomic mass is 10.0. The minimum absolute atomic E-state index is 0.0602. The molecule has 0 radical (unpaired) electrons. The molecule has 0 aromatic heterocycles. The zero-order valence-corrected chi connectivity index (χ0v) is 16.6. The van der Waals surface area contributed by atoms with Gasteiger partial charge in [0.2, 0.25) is 0 Å². The van der Waals surface area contributed by atoms with Crippen molar-refractivity contribution in [2.45, 2.75) is 52.1 Å². The van der Waals surface area contributed by atoms with Crippen LogP contribution in [-0.2, 0) is 4.74 Å². The molecule has 0 aliphatic carbocycles. The fraction of sp³-hybridized carbons (Fsp3) is 0.409. The van der Waals surface area contributed by atoms with Crippen molar-refractivity contribution in [3.63, 3.8) is 0 Å². The molecule has 2 rings (SSSR count). The molecule has 0 amide bonds. The lowest BCUT2D eigenvalue weighted by molar-refractivity contribution is -0.386. The average Bonchev–Trinajstić information content (AvgIpc) is 2.71. The van der Waals surface area contributed by atoms with E-state index >= 15 is 0 Å². The first-order valence-corrected chi connectivity index (χ1v) is 9.60. The number of nitro groups is 1. The van der Waals surface area contributed by atoms with E-state index < -0.39 is 10.9 Å². The highest BCUT2D eigenvalue weighted by Crippen LogP contribution is 2.33. The third-order valence-corrected chi connectivity index (χ3v) is 4.59. The van der Waals surface area contributed by atoms with Gasteiger partial charge < -0.3 is 9.47 Å². The normalized spacial score (nSPS) is 11.7. The summed E-state index contributed by atoms with van der Waals surface area (Å²) in [6, 6.07) is 11.7. The number of carbonyl (C=O) groups is 1. The molecule has 2 aromatic rings. The SMILES string of the molecule is CCCCCCC(C)Oc1ccc(-c2ccc(C(=O)OC)cc2)cc1[N+](=O)[O-]. The smallest absolute Gasteiger partial charge is 0.337 e. The molecule has 0 aliphatic heterocycles. The zero-order chi connectivity index (χ0) is 20.5. The molecular formula is C22H27NO5. The number of hydrogen-bond acceptors (Lipinski definition) is 5. The second-order valence-electron chi connectivity index (χ2n) is 6.79. The van der Waals surface area contributed by atoms with Gasteiger partial charge in [-0.1, -0.05) is 44.4 Å². The van der Waals surface area contributed by atoms with Gasteiger partial charge >= 0.3 is 11.7 Å². The molecule has 0 bridgehead atoms. The van der Waals surface area contributed by atoms with Crippen LogP contribution in [0, 0.1) is 10.1 Å². The van der Waals surface area contributed by atoms with E-state index in [1.165, 1.54) is 26.0 Å². The lowest BCUT2D eigenvalue weighted by Gasteiger charge is -2.15. The number of carbonyl (C=O) groups excluding carboxylic acids is 1. The standard InChI is InChI=1S/C22H27NO5/c1-4-5-6-7-8-16(2)28-21-14-13-19(15-20(21)23(25)26)17-9-11-18(12-10-17)22(24)27-3/h9-16H,4-8H2,1-3H3. The maximum absolute atomic E-state index is 11.5. The lowest BCUT2D eigenvalue weighted by Crippen LogP contribution is -2.12. The predicted molar refractivity (Wildman–Crippen MR) is 109 cm³/mol. The largest absolute Gasteiger partial charge is 0.484 e. The van der Waals surface area contributed by atoms with Crippen molar-refractivity contribution in [1.29, 1.82) is 0 Å². The van der Waals surface area contributed by atoms with Gasteiger partial charge in [0.25, 0.3) is 0 Å². The first-order valence-electron chi connectivity index (χ1n) is 9.60. The van der Waals surface area contributed by atoms with Crippen LogP contribution in [0.2, 0.25) is 0 Å². The molecule has 28 heavy (non-hydrogen) atoms. The summed E-state index contributed by atoms with van der Waals surface area (Å²) in [5, 5.41) is 11.5. The van der Waals surface area contributed by atoms with Crippen molar-refractivity contribution in [2.75, 3.05) is 7.11 Å². The maximum Gasteiger partial charge on any atom is 0.337 e. The Bertz CT molecular complexity index is 801. The van der Waals surface area contributed by atoms with Crippen LogP contribution in [0.5, 0.6) is 5.75 Å². The van der Waals surface area contributed by atoms with Gasteiger partial charge in [0.1, 0.15) is 0 Å². The third kappa shape index (κ3) is 5.81. The van der Waals surface area contributed by atoms with E-state index in [1.54, 1.807) is 36.4 Å². The Hall–Kier alpha value is -2.89. The number of hydrogen-bond donors (Lipinski definition) is 0. The molecule has 1 atom stereocenters. The van der Waals surface area contributed by atoms with E-state index in [-0.39, 0.29) is 17.5 Å². The number of benzene rings is 2. The van der Waals surface area contributed by atoms with Gasteiger partial charge in [0.15, 0.2) is 5.75 Å². The summed E-state index contributed by atoms with van der Waals surface area (Å²) in [5.74, 6) is -0.142. The van der Waals surface area contributed by atoms with Crippen LogP contribution in [-0.4, -0.2) is 24.1 Å². The van der Waals surface area contributed by atoms with Crippen LogP contribution < -0.4 is 4.74 Å². The van der Waals surface area contributed by atoms with Crippen LogP contribution in [0.1, 0.15) is 56.3 Å². The Morgan fingerprint density at radius 2 is 1.75 bits per heavy atom. The van der Waals surface area contributed by atoms with E-state index in [2.05, 4.69) is 11.7 Å². The molecule has 0 fully saturated rings. The maximum atomic E-state index is 11.5. The van der Waals surface area contributed by atoms with Crippen molar-refractivity contribution in [1.82, 2.24) is 0 Å². The van der Waals surface area contributed by atoms with E-state index in [1.807, 2.05) is 6.92 Å². The van der Waals surface area contributed by atoms with Gasteiger partial charge in [-0.3, -0.25) is 10.1 Å². The highest BCUT2D eigenvalue weighted by molar-refractivity contribution is 5.90. The second-order valence-corrected chi connectivity index (χ2v) is 6.79. The molecule has 0 spiro atoms. The van der Waals surface area contributed by atoms with Crippen molar-refractivity contribution in [3.05, 3.63) is 58.1 Å². The van der Waals surface area contributed by atoms with Crippen LogP contribution in [0.4, 0.5) is 5.69 Å². The molecule has 150 valence electrons. The van der Waals surface area contributed by atoms with Crippen LogP contribution in [0.3, 0.4) is 0 Å². The summed E-state index contributed by atoms with van der Waals surface area (Å²) in [6.07, 6.45) is 5.34. The molecule has 2 aromatic carbocycles. The number of rotatable bonds is 10. The van der Waals surface area contributed by atoms with Crippen LogP contribution in [0.25, 0.3) is 11.1 Å². The fourth-order valence-corrected chi connectivity index (χ4v) is 2.99. The van der Waals surface area contributed by atoms with Crippen LogP contribution >= 0.6 is 0 Å². The fourth-order valence-electron chi connectivity index (χ4n) is 2.99. The van der Waals surface area contributed by atoms with Gasteiger partial charge in [-0.15, -0.1) is 0 Å². The first kappa shape index (κ1) is 21.4. The van der Waals surface area contributed by atoms with Crippen LogP contribution in [0.15, 0.2) is 42.5 Å². The predicted octanol–water partition coefficient (Wildman–Crippen LogP) is 5.79. The van der Waals surface area contributed by atoms with Gasteiger partial charge in [0, 0.05) is 6.07 Å². The molecule has 6 heteroatoms. The molecule has 0 heterocycles. The Labute approximate surface area is 165 Å². The zero-order valence-electron chi connectivity index (χ0n) is 16.6. The number of methoxy groups -OCH3 is 1. The van der Waals surface area contributed by atoms with E-state index in [4.69, 9.17) is 4.74 Å². The van der Waals surface area contributed by atoms with Crippen molar-refractivity contribution in [2.24, 2.45) is 0 Å². The quantitative estimate of drug-likeness (QED) is 0.224. The summed E-state index contributed by atoms with van der Waals surface area (Å²) < 4.78 is 10.5. The molecule has 6 nitrogen and oxygen atoms in total. The van der Waals surface area contributed by atoms with Crippen molar-refractivity contribution < 1.29 is 19.2 Å². The Kier molecular flexibility index (Phi) is 7.99. The topological polar surface area (TPSA) is 78.7 Å². The average molecular weight is 385 g/mol. The van der Waals surface area contributed by atoms with E-state index in [0.29, 0.717) is 11.1 Å². The Balaban J connectivity index is 2.16. The Morgan fingerprint density at radius 3 is 2.36 bits per heavy atom. The van der Waals surface area contributed by atoms with Crippen molar-refractivity contribution in [3.8, 4) is 16.9 Å². The molecule has 0 aliphatic rings. The molecular weight excluding hydrogens is 358 g/mol. The molecule has 1 unspecified atom stereocenters.